The molecular formula is C10H11ClFN3O. The lowest BCUT2D eigenvalue weighted by atomic mass is 10.1. The van der Waals surface area contributed by atoms with Crippen molar-refractivity contribution in [3.8, 4) is 11.8 Å². The minimum Gasteiger partial charge on any atom is -0.406 e. The van der Waals surface area contributed by atoms with Crippen LogP contribution in [0.4, 0.5) is 10.1 Å². The van der Waals surface area contributed by atoms with Crippen LogP contribution in [0.15, 0.2) is 12.1 Å². The molecule has 0 unspecified atom stereocenters. The van der Waals surface area contributed by atoms with E-state index in [1.807, 2.05) is 6.07 Å². The molecule has 0 radical (unpaired) electrons. The number of anilines is 1. The van der Waals surface area contributed by atoms with E-state index in [1.54, 1.807) is 13.8 Å². The van der Waals surface area contributed by atoms with Crippen LogP contribution >= 0.6 is 11.6 Å². The fraction of sp³-hybridized carbons (Fsp3) is 0.300. The van der Waals surface area contributed by atoms with E-state index in [4.69, 9.17) is 27.4 Å². The number of nitriles is 1. The van der Waals surface area contributed by atoms with Gasteiger partial charge < -0.3 is 10.6 Å². The van der Waals surface area contributed by atoms with Crippen LogP contribution in [0.1, 0.15) is 13.8 Å². The molecule has 1 aromatic rings. The van der Waals surface area contributed by atoms with Crippen LogP contribution in [0.2, 0.25) is 5.02 Å². The third kappa shape index (κ3) is 2.99. The zero-order valence-electron chi connectivity index (χ0n) is 8.84. The molecule has 0 saturated carbocycles. The highest BCUT2D eigenvalue weighted by Crippen LogP contribution is 2.28. The van der Waals surface area contributed by atoms with Crippen molar-refractivity contribution in [2.75, 3.05) is 5.73 Å². The van der Waals surface area contributed by atoms with Crippen molar-refractivity contribution in [3.63, 3.8) is 0 Å². The van der Waals surface area contributed by atoms with E-state index in [2.05, 4.69) is 5.48 Å². The summed E-state index contributed by atoms with van der Waals surface area (Å²) < 4.78 is 13.0. The van der Waals surface area contributed by atoms with Crippen molar-refractivity contribution in [2.45, 2.75) is 19.4 Å². The summed E-state index contributed by atoms with van der Waals surface area (Å²) in [5.74, 6) is -0.444. The van der Waals surface area contributed by atoms with Gasteiger partial charge in [0.2, 0.25) is 0 Å². The first-order valence-electron chi connectivity index (χ1n) is 4.45. The highest BCUT2D eigenvalue weighted by atomic mass is 35.5. The molecule has 3 N–H and O–H groups in total. The normalized spacial score (nSPS) is 10.9. The Labute approximate surface area is 97.7 Å². The topological polar surface area (TPSA) is 71.1 Å². The summed E-state index contributed by atoms with van der Waals surface area (Å²) in [5.41, 5.74) is 6.89. The maximum atomic E-state index is 13.0. The highest BCUT2D eigenvalue weighted by molar-refractivity contribution is 6.32. The first-order valence-corrected chi connectivity index (χ1v) is 4.83. The van der Waals surface area contributed by atoms with Crippen LogP contribution in [0, 0.1) is 17.1 Å². The molecule has 0 amide bonds. The highest BCUT2D eigenvalue weighted by Gasteiger charge is 2.18. The minimum absolute atomic E-state index is 0.0732. The fourth-order valence-corrected chi connectivity index (χ4v) is 1.02. The van der Waals surface area contributed by atoms with Crippen LogP contribution in [-0.2, 0) is 0 Å². The number of hydrogen-bond donors (Lipinski definition) is 2. The van der Waals surface area contributed by atoms with Crippen molar-refractivity contribution in [3.05, 3.63) is 23.0 Å². The van der Waals surface area contributed by atoms with E-state index in [-0.39, 0.29) is 16.5 Å². The van der Waals surface area contributed by atoms with Crippen LogP contribution in [-0.4, -0.2) is 5.54 Å². The smallest absolute Gasteiger partial charge is 0.168 e. The quantitative estimate of drug-likeness (QED) is 0.631. The van der Waals surface area contributed by atoms with Gasteiger partial charge in [-0.15, -0.1) is 5.48 Å². The summed E-state index contributed by atoms with van der Waals surface area (Å²) in [6, 6.07) is 4.27. The monoisotopic (exact) mass is 243 g/mol. The molecule has 0 spiro atoms. The Bertz CT molecular complexity index is 442. The number of hydroxylamine groups is 1. The lowest BCUT2D eigenvalue weighted by molar-refractivity contribution is 0.138. The molecule has 0 aliphatic heterocycles. The first-order chi connectivity index (χ1) is 7.35. The summed E-state index contributed by atoms with van der Waals surface area (Å²) in [6.07, 6.45) is 0. The number of rotatable bonds is 3. The fourth-order valence-electron chi connectivity index (χ4n) is 0.828. The summed E-state index contributed by atoms with van der Waals surface area (Å²) in [7, 11) is 0. The second-order valence-corrected chi connectivity index (χ2v) is 4.15. The van der Waals surface area contributed by atoms with Crippen LogP contribution < -0.4 is 16.1 Å². The Kier molecular flexibility index (Phi) is 3.58. The largest absolute Gasteiger partial charge is 0.406 e. The molecule has 0 aliphatic rings. The van der Waals surface area contributed by atoms with Crippen molar-refractivity contribution >= 4 is 17.3 Å². The van der Waals surface area contributed by atoms with E-state index in [0.717, 1.165) is 6.07 Å². The molecule has 86 valence electrons. The predicted octanol–water partition coefficient (Wildman–Crippen LogP) is 2.25. The number of nitrogens with one attached hydrogen (secondary N) is 1. The number of nitrogen functional groups attached to an aromatic ring is 1. The van der Waals surface area contributed by atoms with Gasteiger partial charge in [0.25, 0.3) is 0 Å². The summed E-state index contributed by atoms with van der Waals surface area (Å²) >= 11 is 5.73. The second-order valence-electron chi connectivity index (χ2n) is 3.75. The van der Waals surface area contributed by atoms with Gasteiger partial charge in [-0.05, 0) is 19.9 Å². The number of benzene rings is 1. The average molecular weight is 244 g/mol. The summed E-state index contributed by atoms with van der Waals surface area (Å²) in [6.45, 7) is 3.24. The van der Waals surface area contributed by atoms with Gasteiger partial charge in [-0.2, -0.15) is 5.26 Å². The van der Waals surface area contributed by atoms with E-state index < -0.39 is 11.4 Å². The zero-order valence-corrected chi connectivity index (χ0v) is 9.60. The maximum Gasteiger partial charge on any atom is 0.168 e. The third-order valence-electron chi connectivity index (χ3n) is 1.75. The van der Waals surface area contributed by atoms with Gasteiger partial charge in [-0.1, -0.05) is 11.6 Å². The van der Waals surface area contributed by atoms with Crippen molar-refractivity contribution in [2.24, 2.45) is 0 Å². The number of nitrogens with zero attached hydrogens (tertiary/aromatic N) is 1. The minimum atomic E-state index is -0.882. The Morgan fingerprint density at radius 3 is 2.75 bits per heavy atom. The van der Waals surface area contributed by atoms with E-state index in [1.165, 1.54) is 6.07 Å². The average Bonchev–Trinajstić information content (AvgIpc) is 2.22. The van der Waals surface area contributed by atoms with Gasteiger partial charge >= 0.3 is 0 Å². The number of nitrogens with two attached hydrogens (primary N) is 1. The van der Waals surface area contributed by atoms with Crippen molar-refractivity contribution < 1.29 is 9.23 Å². The van der Waals surface area contributed by atoms with Gasteiger partial charge in [0.05, 0.1) is 16.8 Å². The molecule has 4 nitrogen and oxygen atoms in total. The molecule has 0 aliphatic carbocycles. The molecule has 0 saturated heterocycles. The molecule has 0 heterocycles. The van der Waals surface area contributed by atoms with Gasteiger partial charge in [0.1, 0.15) is 11.4 Å². The lowest BCUT2D eigenvalue weighted by Crippen LogP contribution is -2.40. The Balaban J connectivity index is 2.84. The molecule has 0 fully saturated rings. The van der Waals surface area contributed by atoms with Crippen molar-refractivity contribution in [1.29, 1.82) is 5.26 Å². The first kappa shape index (κ1) is 12.6. The van der Waals surface area contributed by atoms with Gasteiger partial charge in [-0.25, -0.2) is 4.39 Å². The molecule has 0 aromatic heterocycles. The van der Waals surface area contributed by atoms with Crippen LogP contribution in [0.3, 0.4) is 0 Å². The predicted molar refractivity (Wildman–Crippen MR) is 59.3 cm³/mol. The van der Waals surface area contributed by atoms with Crippen molar-refractivity contribution in [1.82, 2.24) is 5.48 Å². The molecule has 0 bridgehead atoms. The zero-order chi connectivity index (χ0) is 12.3. The third-order valence-corrected chi connectivity index (χ3v) is 2.04. The summed E-state index contributed by atoms with van der Waals surface area (Å²) in [4.78, 5) is 5.08. The standard InChI is InChI=1S/C10H11ClFN3O/c1-10(2,5-13)15-16-9-4-8(14)7(12)3-6(9)11/h3-4,15H,14H2,1-2H3. The van der Waals surface area contributed by atoms with Gasteiger partial charge in [-0.3, -0.25) is 0 Å². The Hall–Kier alpha value is -1.51. The molecule has 6 heteroatoms. The summed E-state index contributed by atoms with van der Waals surface area (Å²) in [5, 5.41) is 8.81. The number of halogens is 2. The van der Waals surface area contributed by atoms with E-state index >= 15 is 0 Å². The maximum absolute atomic E-state index is 13.0. The molecule has 0 atom stereocenters. The molecule has 1 rings (SSSR count). The lowest BCUT2D eigenvalue weighted by Gasteiger charge is -2.18. The van der Waals surface area contributed by atoms with E-state index in [9.17, 15) is 4.39 Å². The Morgan fingerprint density at radius 1 is 1.56 bits per heavy atom. The van der Waals surface area contributed by atoms with Crippen LogP contribution in [0.5, 0.6) is 5.75 Å². The molecule has 1 aromatic carbocycles. The molecule has 16 heavy (non-hydrogen) atoms. The molecular weight excluding hydrogens is 233 g/mol. The van der Waals surface area contributed by atoms with Crippen LogP contribution in [0.25, 0.3) is 0 Å². The van der Waals surface area contributed by atoms with Gasteiger partial charge in [0.15, 0.2) is 5.75 Å². The second kappa shape index (κ2) is 4.56. The SMILES string of the molecule is CC(C)(C#N)NOc1cc(N)c(F)cc1Cl. The number of hydrogen-bond acceptors (Lipinski definition) is 4. The van der Waals surface area contributed by atoms with E-state index in [0.29, 0.717) is 0 Å². The Morgan fingerprint density at radius 2 is 2.19 bits per heavy atom. The van der Waals surface area contributed by atoms with Gasteiger partial charge in [0, 0.05) is 6.07 Å².